The van der Waals surface area contributed by atoms with Gasteiger partial charge in [0.2, 0.25) is 0 Å². The van der Waals surface area contributed by atoms with Crippen LogP contribution in [0.1, 0.15) is 61.2 Å². The number of hydrogen-bond acceptors (Lipinski definition) is 12. The van der Waals surface area contributed by atoms with E-state index in [1.165, 1.54) is 29.3 Å². The SMILES string of the molecule is C.C=CC1CN2CCC1CC2[C@H](O)c1cc(-c2ccc(Oc3ccccc3)cc2)nc2ccc(OC)cc12.C=C[C@@H](CCl)[C@H]1CCN2C(=O)S[C@@H](c3cc(-c4ccc(Oc5ccccc5)cc4)nc4ccc(C)cc34)[C@@H]2C1.S=C(Cl)Oc1ccccc1.c1ccc(Oc2ccccc2)cc1. The molecule has 9 aromatic carbocycles. The Morgan fingerprint density at radius 3 is 1.59 bits per heavy atom. The van der Waals surface area contributed by atoms with E-state index < -0.39 is 6.10 Å². The van der Waals surface area contributed by atoms with E-state index in [4.69, 9.17) is 56.9 Å². The van der Waals surface area contributed by atoms with Crippen LogP contribution in [0.3, 0.4) is 0 Å². The molecule has 11 aromatic rings. The van der Waals surface area contributed by atoms with Gasteiger partial charge in [0.15, 0.2) is 0 Å². The number of ether oxygens (including phenoxy) is 5. The number of fused-ring (bicyclic) bond motifs is 6. The van der Waals surface area contributed by atoms with Gasteiger partial charge in [-0.25, -0.2) is 9.97 Å². The molecule has 0 aliphatic carbocycles. The van der Waals surface area contributed by atoms with Gasteiger partial charge in [-0.05, 0) is 249 Å². The number of pyridine rings is 2. The van der Waals surface area contributed by atoms with Gasteiger partial charge in [-0.3, -0.25) is 9.69 Å². The number of alkyl halides is 1. The molecule has 15 heteroatoms. The largest absolute Gasteiger partial charge is 0.497 e. The zero-order chi connectivity index (χ0) is 68.6. The number of aromatic nitrogens is 2. The minimum atomic E-state index is -0.620. The molecular formula is C85H82Cl2N4O7S2. The fourth-order valence-corrected chi connectivity index (χ4v) is 15.5. The first-order valence-electron chi connectivity index (χ1n) is 33.4. The number of piperidine rings is 4. The van der Waals surface area contributed by atoms with Crippen LogP contribution < -0.4 is 23.7 Å². The van der Waals surface area contributed by atoms with E-state index in [-0.39, 0.29) is 40.4 Å². The van der Waals surface area contributed by atoms with Crippen molar-refractivity contribution in [1.82, 2.24) is 19.8 Å². The van der Waals surface area contributed by atoms with Crippen LogP contribution in [0, 0.1) is 30.6 Å². The zero-order valence-corrected chi connectivity index (χ0v) is 58.4. The second-order valence-corrected chi connectivity index (χ2v) is 27.3. The number of methoxy groups -OCH3 is 1. The Hall–Kier alpha value is -9.31. The highest BCUT2D eigenvalue weighted by molar-refractivity contribution is 8.14. The van der Waals surface area contributed by atoms with Crippen molar-refractivity contribution in [3.8, 4) is 68.5 Å². The van der Waals surface area contributed by atoms with Crippen molar-refractivity contribution in [2.24, 2.45) is 23.7 Å². The summed E-state index contributed by atoms with van der Waals surface area (Å²) in [6.07, 6.45) is 7.52. The van der Waals surface area contributed by atoms with Crippen LogP contribution in [-0.4, -0.2) is 79.3 Å². The van der Waals surface area contributed by atoms with E-state index in [2.05, 4.69) is 84.6 Å². The summed E-state index contributed by atoms with van der Waals surface area (Å²) in [6.45, 7) is 12.9. The van der Waals surface area contributed by atoms with Gasteiger partial charge < -0.3 is 33.7 Å². The molecule has 11 nitrogen and oxygen atoms in total. The van der Waals surface area contributed by atoms with Crippen LogP contribution in [0.5, 0.6) is 46.0 Å². The number of hydrogen-bond donors (Lipinski definition) is 1. The molecule has 5 fully saturated rings. The Balaban J connectivity index is 0.000000152. The fourth-order valence-electron chi connectivity index (χ4n) is 13.6. The van der Waals surface area contributed by atoms with Crippen molar-refractivity contribution in [2.45, 2.75) is 63.5 Å². The van der Waals surface area contributed by atoms with Crippen molar-refractivity contribution in [2.75, 3.05) is 32.6 Å². The molecule has 4 unspecified atom stereocenters. The van der Waals surface area contributed by atoms with Crippen LogP contribution in [-0.2, 0) is 0 Å². The average Bonchev–Trinajstić information content (AvgIpc) is 0.801. The molecule has 5 aliphatic rings. The minimum Gasteiger partial charge on any atom is -0.497 e. The minimum absolute atomic E-state index is 0. The smallest absolute Gasteiger partial charge is 0.282 e. The monoisotopic (exact) mass is 1400 g/mol. The van der Waals surface area contributed by atoms with Crippen LogP contribution >= 0.6 is 47.2 Å². The van der Waals surface area contributed by atoms with Crippen molar-refractivity contribution >= 4 is 78.7 Å². The van der Waals surface area contributed by atoms with E-state index in [0.29, 0.717) is 29.4 Å². The summed E-state index contributed by atoms with van der Waals surface area (Å²) in [7, 11) is 1.67. The second-order valence-electron chi connectivity index (χ2n) is 25.0. The topological polar surface area (TPSA) is 116 Å². The summed E-state index contributed by atoms with van der Waals surface area (Å²) in [6, 6.07) is 81.0. The van der Waals surface area contributed by atoms with Gasteiger partial charge in [0.05, 0.1) is 40.9 Å². The fraction of sp³-hybridized carbons (Fsp3) is 0.224. The molecule has 5 aliphatic heterocycles. The first kappa shape index (κ1) is 72.0. The lowest BCUT2D eigenvalue weighted by Crippen LogP contribution is -2.54. The Labute approximate surface area is 607 Å². The molecule has 0 saturated carbocycles. The quantitative estimate of drug-likeness (QED) is 0.0405. The number of thiocarbonyl (C=S) groups is 1. The summed E-state index contributed by atoms with van der Waals surface area (Å²) in [5.74, 6) is 8.67. The van der Waals surface area contributed by atoms with E-state index in [1.807, 2.05) is 206 Å². The van der Waals surface area contributed by atoms with E-state index >= 15 is 0 Å². The summed E-state index contributed by atoms with van der Waals surface area (Å²) in [5.41, 5.74) is 8.77. The number of aliphatic hydroxyl groups excluding tert-OH is 1. The molecule has 9 atom stereocenters. The van der Waals surface area contributed by atoms with Crippen LogP contribution in [0.2, 0.25) is 0 Å². The lowest BCUT2D eigenvalue weighted by molar-refractivity contribution is -0.0444. The molecule has 2 aromatic heterocycles. The number of allylic oxidation sites excluding steroid dienone is 1. The molecule has 1 N–H and O–H groups in total. The van der Waals surface area contributed by atoms with E-state index in [0.717, 1.165) is 129 Å². The predicted molar refractivity (Wildman–Crippen MR) is 414 cm³/mol. The number of aryl methyl sites for hydroxylation is 1. The van der Waals surface area contributed by atoms with Gasteiger partial charge in [0.1, 0.15) is 46.0 Å². The molecule has 5 saturated heterocycles. The highest BCUT2D eigenvalue weighted by Gasteiger charge is 2.47. The number of carbonyl (C=O) groups is 1. The first-order chi connectivity index (χ1) is 48.4. The molecule has 2 bridgehead atoms. The Morgan fingerprint density at radius 2 is 1.11 bits per heavy atom. The number of para-hydroxylation sites is 5. The van der Waals surface area contributed by atoms with Gasteiger partial charge in [0, 0.05) is 53.0 Å². The summed E-state index contributed by atoms with van der Waals surface area (Å²) in [4.78, 5) is 27.7. The number of halogens is 2. The standard InChI is InChI=1S/C33H31ClN2O2S.C32H32N2O3.C12H10O.C7H5ClOS.CH4/c1-3-22(20-34)24-15-16-36-31(18-24)32(39-33(36)37)28-19-30(35-29-14-9-21(2)17-27(28)29)23-10-12-26(13-11-23)38-25-7-5-4-6-8-25;1-3-21-20-34-16-15-23(21)17-31(34)32(35)28-19-30(33-29-14-13-26(36-2)18-27(28)29)22-9-11-25(12-10-22)37-24-7-5-4-6-8-24;1-3-7-11(8-4-1)13-12-9-5-2-6-10-12;8-7(10)9-6-4-2-1-3-5-6;/h3-14,17,19,22,24,31-32H,1,15-16,18,20H2,2H3;3-14,18-19,21,23,31-32,35H,1,15-17,20H2,2H3;1-10H;1-5H;1H4/t22-,24-,31-,32-;21?,23?,31?,32-;;;/m01.../s1. The van der Waals surface area contributed by atoms with Gasteiger partial charge in [-0.1, -0.05) is 134 Å². The predicted octanol–water partition coefficient (Wildman–Crippen LogP) is 22.4. The third-order valence-electron chi connectivity index (χ3n) is 18.7. The molecular weight excluding hydrogens is 1320 g/mol. The number of benzene rings is 9. The molecule has 7 heterocycles. The molecule has 0 spiro atoms. The van der Waals surface area contributed by atoms with Crippen molar-refractivity contribution < 1.29 is 33.6 Å². The lowest BCUT2D eigenvalue weighted by atomic mass is 9.73. The normalized spacial score (nSPS) is 19.2. The van der Waals surface area contributed by atoms with Gasteiger partial charge in [-0.15, -0.1) is 24.8 Å². The maximum atomic E-state index is 13.2. The van der Waals surface area contributed by atoms with Gasteiger partial charge >= 0.3 is 0 Å². The van der Waals surface area contributed by atoms with Crippen molar-refractivity contribution in [3.63, 3.8) is 0 Å². The third-order valence-corrected chi connectivity index (χ3v) is 20.5. The number of amides is 1. The number of carbonyl (C=O) groups excluding carboxylic acids is 1. The summed E-state index contributed by atoms with van der Waals surface area (Å²) < 4.78 is 28.0. The highest BCUT2D eigenvalue weighted by Crippen LogP contribution is 2.51. The van der Waals surface area contributed by atoms with Crippen LogP contribution in [0.25, 0.3) is 44.3 Å². The molecule has 16 rings (SSSR count). The van der Waals surface area contributed by atoms with Crippen molar-refractivity contribution in [1.29, 1.82) is 0 Å². The van der Waals surface area contributed by atoms with Gasteiger partial charge in [-0.2, -0.15) is 0 Å². The number of thioether (sulfide) groups is 1. The second kappa shape index (κ2) is 34.7. The Kier molecular flexibility index (Phi) is 24.9. The van der Waals surface area contributed by atoms with Gasteiger partial charge in [0.25, 0.3) is 9.75 Å². The molecule has 100 heavy (non-hydrogen) atoms. The van der Waals surface area contributed by atoms with Crippen LogP contribution in [0.15, 0.2) is 274 Å². The summed E-state index contributed by atoms with van der Waals surface area (Å²) in [5, 5.41) is 14.1. The maximum absolute atomic E-state index is 13.2. The first-order valence-corrected chi connectivity index (χ1v) is 35.6. The maximum Gasteiger partial charge on any atom is 0.282 e. The lowest BCUT2D eigenvalue weighted by Gasteiger charge is -2.50. The van der Waals surface area contributed by atoms with E-state index in [9.17, 15) is 9.90 Å². The number of rotatable bonds is 17. The summed E-state index contributed by atoms with van der Waals surface area (Å²) >= 11 is 17.6. The average molecular weight is 1410 g/mol. The third kappa shape index (κ3) is 18.0. The Bertz CT molecular complexity index is 4470. The number of aliphatic hydroxyl groups is 1. The zero-order valence-electron chi connectivity index (χ0n) is 55.3. The molecule has 1 amide bonds. The van der Waals surface area contributed by atoms with Crippen LogP contribution in [0.4, 0.5) is 4.79 Å². The highest BCUT2D eigenvalue weighted by atomic mass is 35.5. The molecule has 510 valence electrons. The van der Waals surface area contributed by atoms with E-state index in [1.54, 1.807) is 19.2 Å². The Morgan fingerprint density at radius 1 is 0.620 bits per heavy atom. The number of nitrogens with zero attached hydrogens (tertiary/aromatic N) is 4. The van der Waals surface area contributed by atoms with Crippen molar-refractivity contribution in [3.05, 3.63) is 291 Å². The molecule has 0 radical (unpaired) electrons.